The average molecular weight is 335 g/mol. The monoisotopic (exact) mass is 335 g/mol. The molecule has 0 spiro atoms. The van der Waals surface area contributed by atoms with Gasteiger partial charge in [0, 0.05) is 58.0 Å². The zero-order chi connectivity index (χ0) is 17.1. The molecule has 2 saturated heterocycles. The highest BCUT2D eigenvalue weighted by Crippen LogP contribution is 2.32. The minimum absolute atomic E-state index is 0.0662. The second-order valence-electron chi connectivity index (χ2n) is 7.41. The summed E-state index contributed by atoms with van der Waals surface area (Å²) in [6.07, 6.45) is 5.61. The van der Waals surface area contributed by atoms with Crippen molar-refractivity contribution in [3.63, 3.8) is 0 Å². The highest BCUT2D eigenvalue weighted by molar-refractivity contribution is 5.82. The fraction of sp³-hybridized carbons (Fsp3) is 0.833. The molecule has 2 aliphatic heterocycles. The van der Waals surface area contributed by atoms with Gasteiger partial charge in [0.1, 0.15) is 0 Å². The van der Waals surface area contributed by atoms with E-state index in [1.165, 1.54) is 0 Å². The van der Waals surface area contributed by atoms with Crippen molar-refractivity contribution >= 4 is 17.7 Å². The van der Waals surface area contributed by atoms with Crippen LogP contribution >= 0.6 is 0 Å². The maximum absolute atomic E-state index is 12.7. The minimum atomic E-state index is 0.0662. The molecule has 1 saturated carbocycles. The molecule has 134 valence electrons. The predicted molar refractivity (Wildman–Crippen MR) is 90.1 cm³/mol. The third-order valence-corrected chi connectivity index (χ3v) is 5.88. The van der Waals surface area contributed by atoms with E-state index < -0.39 is 0 Å². The normalized spacial score (nSPS) is 28.1. The highest BCUT2D eigenvalue weighted by Gasteiger charge is 2.35. The van der Waals surface area contributed by atoms with Crippen molar-refractivity contribution in [2.45, 2.75) is 45.4 Å². The molecule has 0 aromatic rings. The minimum Gasteiger partial charge on any atom is -0.342 e. The highest BCUT2D eigenvalue weighted by atomic mass is 16.2. The Morgan fingerprint density at radius 1 is 0.625 bits per heavy atom. The summed E-state index contributed by atoms with van der Waals surface area (Å²) in [5, 5.41) is 0. The molecule has 6 nitrogen and oxygen atoms in total. The zero-order valence-corrected chi connectivity index (χ0v) is 14.7. The van der Waals surface area contributed by atoms with Crippen LogP contribution in [-0.4, -0.2) is 71.7 Å². The SMILES string of the molecule is CC(=O)N1CCN(C(=O)C2CCC(C(=O)N3CCCC3)CC2)CC1. The van der Waals surface area contributed by atoms with E-state index in [4.69, 9.17) is 0 Å². The molecule has 0 aromatic heterocycles. The largest absolute Gasteiger partial charge is 0.342 e. The second-order valence-corrected chi connectivity index (χ2v) is 7.41. The van der Waals surface area contributed by atoms with Gasteiger partial charge in [-0.3, -0.25) is 14.4 Å². The van der Waals surface area contributed by atoms with Crippen LogP contribution in [0.15, 0.2) is 0 Å². The Bertz CT molecular complexity index is 486. The third kappa shape index (κ3) is 3.73. The molecule has 3 amide bonds. The average Bonchev–Trinajstić information content (AvgIpc) is 3.15. The Hall–Kier alpha value is -1.59. The van der Waals surface area contributed by atoms with E-state index in [-0.39, 0.29) is 23.7 Å². The van der Waals surface area contributed by atoms with Gasteiger partial charge in [0.25, 0.3) is 0 Å². The van der Waals surface area contributed by atoms with E-state index in [2.05, 4.69) is 0 Å². The lowest BCUT2D eigenvalue weighted by Gasteiger charge is -2.37. The molecule has 6 heteroatoms. The van der Waals surface area contributed by atoms with Crippen LogP contribution in [0.4, 0.5) is 0 Å². The molecule has 0 aromatic carbocycles. The number of hydrogen-bond donors (Lipinski definition) is 0. The molecule has 0 bridgehead atoms. The summed E-state index contributed by atoms with van der Waals surface area (Å²) in [6.45, 7) is 5.98. The molecule has 1 aliphatic carbocycles. The van der Waals surface area contributed by atoms with Crippen LogP contribution in [0.3, 0.4) is 0 Å². The molecule has 24 heavy (non-hydrogen) atoms. The van der Waals surface area contributed by atoms with E-state index in [0.29, 0.717) is 32.1 Å². The van der Waals surface area contributed by atoms with E-state index in [1.54, 1.807) is 11.8 Å². The number of nitrogens with zero attached hydrogens (tertiary/aromatic N) is 3. The van der Waals surface area contributed by atoms with Crippen molar-refractivity contribution in [2.24, 2.45) is 11.8 Å². The van der Waals surface area contributed by atoms with Crippen molar-refractivity contribution in [3.8, 4) is 0 Å². The molecule has 3 aliphatic rings. The van der Waals surface area contributed by atoms with Gasteiger partial charge in [0.15, 0.2) is 0 Å². The Morgan fingerprint density at radius 2 is 1.00 bits per heavy atom. The van der Waals surface area contributed by atoms with Crippen molar-refractivity contribution in [2.75, 3.05) is 39.3 Å². The number of rotatable bonds is 2. The lowest BCUT2D eigenvalue weighted by Crippen LogP contribution is -2.51. The number of amides is 3. The molecule has 3 fully saturated rings. The first-order valence-corrected chi connectivity index (χ1v) is 9.39. The van der Waals surface area contributed by atoms with Gasteiger partial charge in [-0.1, -0.05) is 0 Å². The van der Waals surface area contributed by atoms with Gasteiger partial charge in [-0.15, -0.1) is 0 Å². The molecule has 0 radical (unpaired) electrons. The van der Waals surface area contributed by atoms with Gasteiger partial charge in [0.05, 0.1) is 0 Å². The Morgan fingerprint density at radius 3 is 1.42 bits per heavy atom. The Kier molecular flexibility index (Phi) is 5.41. The number of likely N-dealkylation sites (tertiary alicyclic amines) is 1. The fourth-order valence-electron chi connectivity index (χ4n) is 4.28. The standard InChI is InChI=1S/C18H29N3O3/c1-14(22)19-10-12-21(13-11-19)18(24)16-6-4-15(5-7-16)17(23)20-8-2-3-9-20/h15-16H,2-13H2,1H3. The van der Waals surface area contributed by atoms with Crippen LogP contribution in [0.25, 0.3) is 0 Å². The summed E-state index contributed by atoms with van der Waals surface area (Å²) in [5.74, 6) is 0.819. The lowest BCUT2D eigenvalue weighted by molar-refractivity contribution is -0.144. The molecular formula is C18H29N3O3. The third-order valence-electron chi connectivity index (χ3n) is 5.88. The molecule has 0 N–H and O–H groups in total. The van der Waals surface area contributed by atoms with Gasteiger partial charge < -0.3 is 14.7 Å². The van der Waals surface area contributed by atoms with E-state index in [1.807, 2.05) is 9.80 Å². The maximum Gasteiger partial charge on any atom is 0.225 e. The van der Waals surface area contributed by atoms with Gasteiger partial charge in [-0.25, -0.2) is 0 Å². The molecular weight excluding hydrogens is 306 g/mol. The molecule has 0 unspecified atom stereocenters. The molecule has 2 heterocycles. The molecule has 3 rings (SSSR count). The van der Waals surface area contributed by atoms with E-state index in [9.17, 15) is 14.4 Å². The topological polar surface area (TPSA) is 60.9 Å². The van der Waals surface area contributed by atoms with Crippen molar-refractivity contribution < 1.29 is 14.4 Å². The fourth-order valence-corrected chi connectivity index (χ4v) is 4.28. The quantitative estimate of drug-likeness (QED) is 0.759. The summed E-state index contributed by atoms with van der Waals surface area (Å²) < 4.78 is 0. The van der Waals surface area contributed by atoms with Gasteiger partial charge in [-0.05, 0) is 38.5 Å². The summed E-state index contributed by atoms with van der Waals surface area (Å²) in [7, 11) is 0. The van der Waals surface area contributed by atoms with Crippen molar-refractivity contribution in [1.82, 2.24) is 14.7 Å². The van der Waals surface area contributed by atoms with Crippen LogP contribution in [0, 0.1) is 11.8 Å². The lowest BCUT2D eigenvalue weighted by atomic mass is 9.80. The van der Waals surface area contributed by atoms with Gasteiger partial charge in [0.2, 0.25) is 17.7 Å². The first-order valence-electron chi connectivity index (χ1n) is 9.39. The summed E-state index contributed by atoms with van der Waals surface area (Å²) in [4.78, 5) is 42.3. The molecule has 0 atom stereocenters. The summed E-state index contributed by atoms with van der Waals surface area (Å²) >= 11 is 0. The number of hydrogen-bond acceptors (Lipinski definition) is 3. The van der Waals surface area contributed by atoms with Crippen LogP contribution in [0.2, 0.25) is 0 Å². The second kappa shape index (κ2) is 7.53. The Balaban J connectivity index is 1.45. The van der Waals surface area contributed by atoms with Crippen LogP contribution in [-0.2, 0) is 14.4 Å². The van der Waals surface area contributed by atoms with E-state index >= 15 is 0 Å². The first-order chi connectivity index (χ1) is 11.6. The number of piperazine rings is 1. The van der Waals surface area contributed by atoms with Gasteiger partial charge >= 0.3 is 0 Å². The summed E-state index contributed by atoms with van der Waals surface area (Å²) in [6, 6.07) is 0. The van der Waals surface area contributed by atoms with Crippen LogP contribution < -0.4 is 0 Å². The zero-order valence-electron chi connectivity index (χ0n) is 14.7. The predicted octanol–water partition coefficient (Wildman–Crippen LogP) is 1.11. The maximum atomic E-state index is 12.7. The Labute approximate surface area is 144 Å². The van der Waals surface area contributed by atoms with Crippen LogP contribution in [0.1, 0.15) is 45.4 Å². The smallest absolute Gasteiger partial charge is 0.225 e. The van der Waals surface area contributed by atoms with E-state index in [0.717, 1.165) is 51.6 Å². The number of carbonyl (C=O) groups excluding carboxylic acids is 3. The van der Waals surface area contributed by atoms with Crippen LogP contribution in [0.5, 0.6) is 0 Å². The first kappa shape index (κ1) is 17.2. The number of carbonyl (C=O) groups is 3. The summed E-state index contributed by atoms with van der Waals surface area (Å²) in [5.41, 5.74) is 0. The van der Waals surface area contributed by atoms with Crippen molar-refractivity contribution in [1.29, 1.82) is 0 Å². The van der Waals surface area contributed by atoms with Gasteiger partial charge in [-0.2, -0.15) is 0 Å². The van der Waals surface area contributed by atoms with Crippen molar-refractivity contribution in [3.05, 3.63) is 0 Å².